The SMILES string of the molecule is CC1C2CCC(=O)CC2S(=O)(=O)N1C. The third-order valence-electron chi connectivity index (χ3n) is 3.64. The molecule has 1 saturated heterocycles. The highest BCUT2D eigenvalue weighted by molar-refractivity contribution is 7.90. The highest BCUT2D eigenvalue weighted by Crippen LogP contribution is 2.39. The fourth-order valence-corrected chi connectivity index (χ4v) is 4.83. The zero-order chi connectivity index (χ0) is 10.5. The van der Waals surface area contributed by atoms with Gasteiger partial charge in [-0.15, -0.1) is 0 Å². The summed E-state index contributed by atoms with van der Waals surface area (Å²) in [6, 6.07) is 0.0538. The van der Waals surface area contributed by atoms with Gasteiger partial charge in [0.2, 0.25) is 10.0 Å². The molecule has 4 nitrogen and oxygen atoms in total. The van der Waals surface area contributed by atoms with Gasteiger partial charge in [-0.25, -0.2) is 12.7 Å². The Bertz CT molecular complexity index is 362. The van der Waals surface area contributed by atoms with Crippen LogP contribution < -0.4 is 0 Å². The smallest absolute Gasteiger partial charge is 0.217 e. The second-order valence-corrected chi connectivity index (χ2v) is 6.50. The van der Waals surface area contributed by atoms with Gasteiger partial charge in [0.05, 0.1) is 5.25 Å². The first-order valence-corrected chi connectivity index (χ1v) is 6.43. The molecule has 1 saturated carbocycles. The molecular weight excluding hydrogens is 202 g/mol. The normalized spacial score (nSPS) is 42.4. The van der Waals surface area contributed by atoms with Crippen molar-refractivity contribution in [2.75, 3.05) is 7.05 Å². The van der Waals surface area contributed by atoms with Crippen LogP contribution in [0.5, 0.6) is 0 Å². The minimum absolute atomic E-state index is 0.0538. The van der Waals surface area contributed by atoms with E-state index in [9.17, 15) is 13.2 Å². The number of carbonyl (C=O) groups is 1. The summed E-state index contributed by atoms with van der Waals surface area (Å²) in [5, 5.41) is -0.441. The Morgan fingerprint density at radius 2 is 2.07 bits per heavy atom. The fraction of sp³-hybridized carbons (Fsp3) is 0.889. The monoisotopic (exact) mass is 217 g/mol. The van der Waals surface area contributed by atoms with Crippen molar-refractivity contribution in [1.82, 2.24) is 4.31 Å². The van der Waals surface area contributed by atoms with Crippen LogP contribution in [0.3, 0.4) is 0 Å². The lowest BCUT2D eigenvalue weighted by Crippen LogP contribution is -2.32. The summed E-state index contributed by atoms with van der Waals surface area (Å²) < 4.78 is 25.1. The molecular formula is C9H15NO3S. The van der Waals surface area contributed by atoms with Crippen LogP contribution in [0.25, 0.3) is 0 Å². The molecule has 0 spiro atoms. The maximum Gasteiger partial charge on any atom is 0.217 e. The van der Waals surface area contributed by atoms with Gasteiger partial charge in [0.25, 0.3) is 0 Å². The largest absolute Gasteiger partial charge is 0.300 e. The number of hydrogen-bond acceptors (Lipinski definition) is 3. The zero-order valence-electron chi connectivity index (χ0n) is 8.43. The zero-order valence-corrected chi connectivity index (χ0v) is 9.25. The van der Waals surface area contributed by atoms with Crippen molar-refractivity contribution in [3.63, 3.8) is 0 Å². The van der Waals surface area contributed by atoms with Crippen LogP contribution in [0.2, 0.25) is 0 Å². The molecule has 1 aliphatic heterocycles. The second kappa shape index (κ2) is 3.03. The van der Waals surface area contributed by atoms with Crippen LogP contribution in [0, 0.1) is 5.92 Å². The molecule has 0 aromatic carbocycles. The lowest BCUT2D eigenvalue weighted by molar-refractivity contribution is -0.120. The molecule has 3 unspecified atom stereocenters. The maximum absolute atomic E-state index is 11.9. The van der Waals surface area contributed by atoms with E-state index in [1.54, 1.807) is 7.05 Å². The Labute approximate surface area is 84.3 Å². The first kappa shape index (κ1) is 10.1. The Morgan fingerprint density at radius 1 is 1.43 bits per heavy atom. The molecule has 0 radical (unpaired) electrons. The third-order valence-corrected chi connectivity index (χ3v) is 6.06. The van der Waals surface area contributed by atoms with E-state index in [-0.39, 0.29) is 24.2 Å². The minimum Gasteiger partial charge on any atom is -0.300 e. The number of Topliss-reactive ketones (excluding diaryl/α,β-unsaturated/α-hetero) is 1. The van der Waals surface area contributed by atoms with E-state index in [1.807, 2.05) is 6.92 Å². The van der Waals surface area contributed by atoms with E-state index in [0.717, 1.165) is 6.42 Å². The predicted octanol–water partition coefficient (Wildman–Crippen LogP) is 0.388. The Hall–Kier alpha value is -0.420. The standard InChI is InChI=1S/C9H15NO3S/c1-6-8-4-3-7(11)5-9(8)14(12,13)10(6)2/h6,8-9H,3-5H2,1-2H3. The molecule has 0 aromatic heterocycles. The summed E-state index contributed by atoms with van der Waals surface area (Å²) in [6.45, 7) is 1.93. The van der Waals surface area contributed by atoms with Gasteiger partial charge in [-0.05, 0) is 19.3 Å². The van der Waals surface area contributed by atoms with Gasteiger partial charge < -0.3 is 0 Å². The molecule has 14 heavy (non-hydrogen) atoms. The molecule has 1 heterocycles. The molecule has 0 amide bonds. The molecule has 2 fully saturated rings. The summed E-state index contributed by atoms with van der Waals surface area (Å²) in [7, 11) is -1.58. The highest BCUT2D eigenvalue weighted by Gasteiger charge is 2.51. The van der Waals surface area contributed by atoms with E-state index in [0.29, 0.717) is 6.42 Å². The van der Waals surface area contributed by atoms with Crippen LogP contribution in [0.1, 0.15) is 26.2 Å². The highest BCUT2D eigenvalue weighted by atomic mass is 32.2. The predicted molar refractivity (Wildman–Crippen MR) is 52.3 cm³/mol. The number of hydrogen-bond donors (Lipinski definition) is 0. The number of rotatable bonds is 0. The number of ketones is 1. The molecule has 0 N–H and O–H groups in total. The summed E-state index contributed by atoms with van der Waals surface area (Å²) in [4.78, 5) is 11.2. The van der Waals surface area contributed by atoms with Gasteiger partial charge in [-0.2, -0.15) is 0 Å². The summed E-state index contributed by atoms with van der Waals surface area (Å²) >= 11 is 0. The molecule has 2 aliphatic rings. The fourth-order valence-electron chi connectivity index (χ4n) is 2.58. The van der Waals surface area contributed by atoms with Crippen LogP contribution in [0.15, 0.2) is 0 Å². The van der Waals surface area contributed by atoms with Crippen molar-refractivity contribution in [1.29, 1.82) is 0 Å². The van der Waals surface area contributed by atoms with Crippen molar-refractivity contribution in [3.05, 3.63) is 0 Å². The average molecular weight is 217 g/mol. The molecule has 0 aromatic rings. The van der Waals surface area contributed by atoms with Crippen LogP contribution in [-0.2, 0) is 14.8 Å². The van der Waals surface area contributed by atoms with Crippen molar-refractivity contribution in [2.45, 2.75) is 37.5 Å². The summed E-state index contributed by atoms with van der Waals surface area (Å²) in [5.41, 5.74) is 0. The number of carbonyl (C=O) groups excluding carboxylic acids is 1. The molecule has 80 valence electrons. The topological polar surface area (TPSA) is 54.5 Å². The second-order valence-electron chi connectivity index (χ2n) is 4.29. The average Bonchev–Trinajstić information content (AvgIpc) is 2.29. The van der Waals surface area contributed by atoms with Gasteiger partial charge in [0.1, 0.15) is 5.78 Å². The van der Waals surface area contributed by atoms with Gasteiger partial charge in [0, 0.05) is 25.9 Å². The third kappa shape index (κ3) is 1.22. The first-order chi connectivity index (χ1) is 6.44. The number of sulfonamides is 1. The van der Waals surface area contributed by atoms with Crippen molar-refractivity contribution in [3.8, 4) is 0 Å². The van der Waals surface area contributed by atoms with E-state index in [2.05, 4.69) is 0 Å². The lowest BCUT2D eigenvalue weighted by Gasteiger charge is -2.23. The Balaban J connectivity index is 2.37. The van der Waals surface area contributed by atoms with Gasteiger partial charge in [-0.3, -0.25) is 4.79 Å². The van der Waals surface area contributed by atoms with Crippen LogP contribution >= 0.6 is 0 Å². The quantitative estimate of drug-likeness (QED) is 0.589. The van der Waals surface area contributed by atoms with Gasteiger partial charge >= 0.3 is 0 Å². The molecule has 3 atom stereocenters. The maximum atomic E-state index is 11.9. The molecule has 0 bridgehead atoms. The Kier molecular flexibility index (Phi) is 2.19. The molecule has 2 rings (SSSR count). The first-order valence-electron chi connectivity index (χ1n) is 4.93. The van der Waals surface area contributed by atoms with Crippen LogP contribution in [0.4, 0.5) is 0 Å². The van der Waals surface area contributed by atoms with Crippen LogP contribution in [-0.4, -0.2) is 36.8 Å². The number of fused-ring (bicyclic) bond motifs is 1. The Morgan fingerprint density at radius 3 is 2.71 bits per heavy atom. The van der Waals surface area contributed by atoms with Crippen molar-refractivity contribution in [2.24, 2.45) is 5.92 Å². The summed E-state index contributed by atoms with van der Waals surface area (Å²) in [5.74, 6) is 0.250. The van der Waals surface area contributed by atoms with E-state index < -0.39 is 15.3 Å². The minimum atomic E-state index is -3.20. The van der Waals surface area contributed by atoms with Gasteiger partial charge in [0.15, 0.2) is 0 Å². The number of nitrogens with zero attached hydrogens (tertiary/aromatic N) is 1. The van der Waals surface area contributed by atoms with Crippen molar-refractivity contribution < 1.29 is 13.2 Å². The van der Waals surface area contributed by atoms with E-state index in [1.165, 1.54) is 4.31 Å². The van der Waals surface area contributed by atoms with Gasteiger partial charge in [-0.1, -0.05) is 0 Å². The lowest BCUT2D eigenvalue weighted by atomic mass is 9.84. The van der Waals surface area contributed by atoms with Crippen molar-refractivity contribution >= 4 is 15.8 Å². The van der Waals surface area contributed by atoms with E-state index in [4.69, 9.17) is 0 Å². The molecule has 5 heteroatoms. The summed E-state index contributed by atoms with van der Waals surface area (Å²) in [6.07, 6.45) is 1.50. The molecule has 1 aliphatic carbocycles. The van der Waals surface area contributed by atoms with E-state index >= 15 is 0 Å².